The Bertz CT molecular complexity index is 390. The van der Waals surface area contributed by atoms with E-state index in [0.29, 0.717) is 19.0 Å². The van der Waals surface area contributed by atoms with E-state index >= 15 is 0 Å². The molecule has 1 aromatic rings. The fraction of sp³-hybridized carbons (Fsp3) is 0.500. The van der Waals surface area contributed by atoms with Crippen molar-refractivity contribution in [1.29, 1.82) is 0 Å². The summed E-state index contributed by atoms with van der Waals surface area (Å²) in [6, 6.07) is 2.41. The summed E-state index contributed by atoms with van der Waals surface area (Å²) in [5.74, 6) is 0.123. The fourth-order valence-corrected chi connectivity index (χ4v) is 1.52. The lowest BCUT2D eigenvalue weighted by molar-refractivity contribution is -0.120. The molecular formula is C12H18N4O. The largest absolute Gasteiger partial charge is 0.387 e. The van der Waals surface area contributed by atoms with Gasteiger partial charge in [0.2, 0.25) is 5.91 Å². The quantitative estimate of drug-likeness (QED) is 0.692. The number of nitrogens with zero attached hydrogens (tertiary/aromatic N) is 1. The minimum atomic E-state index is 0.123. The first-order chi connectivity index (χ1) is 8.28. The summed E-state index contributed by atoms with van der Waals surface area (Å²) in [4.78, 5) is 15.5. The lowest BCUT2D eigenvalue weighted by atomic mass is 10.3. The maximum absolute atomic E-state index is 11.4. The van der Waals surface area contributed by atoms with Crippen molar-refractivity contribution in [2.24, 2.45) is 0 Å². The van der Waals surface area contributed by atoms with Crippen molar-refractivity contribution in [3.63, 3.8) is 0 Å². The van der Waals surface area contributed by atoms with Gasteiger partial charge in [-0.3, -0.25) is 9.78 Å². The Kier molecular flexibility index (Phi) is 3.80. The molecule has 2 rings (SSSR count). The molecule has 0 spiro atoms. The molecule has 5 nitrogen and oxygen atoms in total. The highest BCUT2D eigenvalue weighted by Gasteiger charge is 2.22. The van der Waals surface area contributed by atoms with Gasteiger partial charge in [-0.2, -0.15) is 0 Å². The van der Waals surface area contributed by atoms with Gasteiger partial charge >= 0.3 is 0 Å². The van der Waals surface area contributed by atoms with Crippen LogP contribution in [0.4, 0.5) is 11.4 Å². The zero-order valence-corrected chi connectivity index (χ0v) is 9.99. The van der Waals surface area contributed by atoms with Crippen molar-refractivity contribution in [3.8, 4) is 0 Å². The van der Waals surface area contributed by atoms with E-state index in [1.807, 2.05) is 13.1 Å². The number of pyridine rings is 1. The number of hydrogen-bond donors (Lipinski definition) is 3. The second-order valence-electron chi connectivity index (χ2n) is 4.23. The van der Waals surface area contributed by atoms with Crippen molar-refractivity contribution in [2.45, 2.75) is 25.3 Å². The van der Waals surface area contributed by atoms with Gasteiger partial charge < -0.3 is 16.0 Å². The second-order valence-corrected chi connectivity index (χ2v) is 4.23. The third-order valence-corrected chi connectivity index (χ3v) is 2.65. The molecule has 1 saturated carbocycles. The minimum Gasteiger partial charge on any atom is -0.387 e. The number of anilines is 2. The van der Waals surface area contributed by atoms with E-state index in [1.165, 1.54) is 0 Å². The third kappa shape index (κ3) is 3.94. The molecule has 0 unspecified atom stereocenters. The molecule has 3 N–H and O–H groups in total. The highest BCUT2D eigenvalue weighted by atomic mass is 16.1. The van der Waals surface area contributed by atoms with Crippen molar-refractivity contribution in [3.05, 3.63) is 18.5 Å². The fourth-order valence-electron chi connectivity index (χ4n) is 1.52. The maximum Gasteiger partial charge on any atom is 0.221 e. The summed E-state index contributed by atoms with van der Waals surface area (Å²) in [5, 5.41) is 9.16. The topological polar surface area (TPSA) is 66.0 Å². The average molecular weight is 234 g/mol. The highest BCUT2D eigenvalue weighted by Crippen LogP contribution is 2.18. The maximum atomic E-state index is 11.4. The summed E-state index contributed by atoms with van der Waals surface area (Å²) >= 11 is 0. The molecule has 0 aromatic carbocycles. The summed E-state index contributed by atoms with van der Waals surface area (Å²) in [6.07, 6.45) is 6.27. The van der Waals surface area contributed by atoms with Crippen LogP contribution in [0.2, 0.25) is 0 Å². The molecule has 0 bridgehead atoms. The van der Waals surface area contributed by atoms with Gasteiger partial charge in [-0.15, -0.1) is 0 Å². The molecular weight excluding hydrogens is 216 g/mol. The standard InChI is InChI=1S/C12H18N4O/c1-13-10-6-11(8-14-7-10)15-5-4-12(17)16-9-2-3-9/h6-9,13,15H,2-5H2,1H3,(H,16,17). The van der Waals surface area contributed by atoms with Crippen molar-refractivity contribution in [2.75, 3.05) is 24.2 Å². The van der Waals surface area contributed by atoms with E-state index in [4.69, 9.17) is 0 Å². The van der Waals surface area contributed by atoms with E-state index in [2.05, 4.69) is 20.9 Å². The van der Waals surface area contributed by atoms with Crippen molar-refractivity contribution >= 4 is 17.3 Å². The van der Waals surface area contributed by atoms with Crippen LogP contribution in [-0.2, 0) is 4.79 Å². The lowest BCUT2D eigenvalue weighted by Gasteiger charge is -2.07. The van der Waals surface area contributed by atoms with Crippen LogP contribution in [-0.4, -0.2) is 30.5 Å². The summed E-state index contributed by atoms with van der Waals surface area (Å²) < 4.78 is 0. The first-order valence-electron chi connectivity index (χ1n) is 5.94. The van der Waals surface area contributed by atoms with Gasteiger partial charge in [-0.05, 0) is 18.9 Å². The number of rotatable bonds is 6. The Balaban J connectivity index is 1.71. The number of hydrogen-bond acceptors (Lipinski definition) is 4. The van der Waals surface area contributed by atoms with Crippen LogP contribution in [0.5, 0.6) is 0 Å². The molecule has 92 valence electrons. The molecule has 1 heterocycles. The van der Waals surface area contributed by atoms with Gasteiger partial charge in [-0.1, -0.05) is 0 Å². The van der Waals surface area contributed by atoms with Crippen LogP contribution in [0.3, 0.4) is 0 Å². The van der Waals surface area contributed by atoms with Crippen molar-refractivity contribution in [1.82, 2.24) is 10.3 Å². The number of carbonyl (C=O) groups excluding carboxylic acids is 1. The van der Waals surface area contributed by atoms with Crippen LogP contribution < -0.4 is 16.0 Å². The first kappa shape index (κ1) is 11.7. The van der Waals surface area contributed by atoms with Crippen LogP contribution in [0.15, 0.2) is 18.5 Å². The molecule has 5 heteroatoms. The Morgan fingerprint density at radius 1 is 1.41 bits per heavy atom. The monoisotopic (exact) mass is 234 g/mol. The Hall–Kier alpha value is -1.78. The SMILES string of the molecule is CNc1cncc(NCCC(=O)NC2CC2)c1. The van der Waals surface area contributed by atoms with Gasteiger partial charge in [0, 0.05) is 26.1 Å². The lowest BCUT2D eigenvalue weighted by Crippen LogP contribution is -2.27. The minimum absolute atomic E-state index is 0.123. The van der Waals surface area contributed by atoms with Crippen LogP contribution in [0.25, 0.3) is 0 Å². The number of carbonyl (C=O) groups is 1. The summed E-state index contributed by atoms with van der Waals surface area (Å²) in [5.41, 5.74) is 1.88. The van der Waals surface area contributed by atoms with Crippen LogP contribution >= 0.6 is 0 Å². The Labute approximate surface area is 101 Å². The predicted octanol–water partition coefficient (Wildman–Crippen LogP) is 1.20. The molecule has 1 aromatic heterocycles. The van der Waals surface area contributed by atoms with E-state index in [1.54, 1.807) is 12.4 Å². The Morgan fingerprint density at radius 3 is 2.88 bits per heavy atom. The van der Waals surface area contributed by atoms with Gasteiger partial charge in [0.25, 0.3) is 0 Å². The first-order valence-corrected chi connectivity index (χ1v) is 5.94. The van der Waals surface area contributed by atoms with Gasteiger partial charge in [0.1, 0.15) is 0 Å². The van der Waals surface area contributed by atoms with E-state index < -0.39 is 0 Å². The molecule has 1 fully saturated rings. The predicted molar refractivity (Wildman–Crippen MR) is 68.1 cm³/mol. The Morgan fingerprint density at radius 2 is 2.18 bits per heavy atom. The third-order valence-electron chi connectivity index (χ3n) is 2.65. The van der Waals surface area contributed by atoms with E-state index in [0.717, 1.165) is 24.2 Å². The second kappa shape index (κ2) is 5.52. The zero-order chi connectivity index (χ0) is 12.1. The molecule has 1 amide bonds. The molecule has 0 aliphatic heterocycles. The van der Waals surface area contributed by atoms with Gasteiger partial charge in [0.15, 0.2) is 0 Å². The molecule has 1 aliphatic rings. The smallest absolute Gasteiger partial charge is 0.221 e. The van der Waals surface area contributed by atoms with E-state index in [-0.39, 0.29) is 5.91 Å². The van der Waals surface area contributed by atoms with Gasteiger partial charge in [0.05, 0.1) is 23.8 Å². The number of amides is 1. The molecule has 0 saturated heterocycles. The normalized spacial score (nSPS) is 14.2. The molecule has 0 radical (unpaired) electrons. The summed E-state index contributed by atoms with van der Waals surface area (Å²) in [6.45, 7) is 0.632. The zero-order valence-electron chi connectivity index (χ0n) is 9.99. The highest BCUT2D eigenvalue weighted by molar-refractivity contribution is 5.77. The average Bonchev–Trinajstić information content (AvgIpc) is 3.13. The molecule has 1 aliphatic carbocycles. The van der Waals surface area contributed by atoms with Crippen LogP contribution in [0, 0.1) is 0 Å². The summed E-state index contributed by atoms with van der Waals surface area (Å²) in [7, 11) is 1.85. The number of nitrogens with one attached hydrogen (secondary N) is 3. The molecule has 0 atom stereocenters. The van der Waals surface area contributed by atoms with Crippen LogP contribution in [0.1, 0.15) is 19.3 Å². The van der Waals surface area contributed by atoms with Crippen molar-refractivity contribution < 1.29 is 4.79 Å². The molecule has 17 heavy (non-hydrogen) atoms. The van der Waals surface area contributed by atoms with Gasteiger partial charge in [-0.25, -0.2) is 0 Å². The number of aromatic nitrogens is 1. The van der Waals surface area contributed by atoms with E-state index in [9.17, 15) is 4.79 Å².